The summed E-state index contributed by atoms with van der Waals surface area (Å²) in [5, 5.41) is 0. The number of nitrogens with one attached hydrogen (secondary N) is 1. The van der Waals surface area contributed by atoms with Gasteiger partial charge in [0, 0.05) is 12.4 Å². The molecular weight excluding hydrogens is 202 g/mol. The number of benzene rings is 1. The van der Waals surface area contributed by atoms with Crippen molar-refractivity contribution in [3.05, 3.63) is 36.7 Å². The molecule has 0 radical (unpaired) electrons. The highest BCUT2D eigenvalue weighted by Gasteiger charge is 2.10. The van der Waals surface area contributed by atoms with Gasteiger partial charge in [-0.2, -0.15) is 4.98 Å². The average molecular weight is 209 g/mol. The van der Waals surface area contributed by atoms with Crippen LogP contribution in [-0.4, -0.2) is 24.3 Å². The molecule has 1 N–H and O–H groups in total. The summed E-state index contributed by atoms with van der Waals surface area (Å²) in [6, 6.07) is 8.05. The van der Waals surface area contributed by atoms with E-state index in [-0.39, 0.29) is 0 Å². The molecule has 0 bridgehead atoms. The third-order valence-electron chi connectivity index (χ3n) is 2.69. The third kappa shape index (κ3) is 0.826. The molecule has 1 aromatic carbocycles. The van der Waals surface area contributed by atoms with Crippen molar-refractivity contribution in [2.45, 2.75) is 0 Å². The van der Waals surface area contributed by atoms with Crippen molar-refractivity contribution >= 4 is 28.1 Å². The van der Waals surface area contributed by atoms with E-state index in [1.54, 1.807) is 12.4 Å². The van der Waals surface area contributed by atoms with Crippen molar-refractivity contribution < 1.29 is 0 Å². The standard InChI is InChI=1S/C11H7N5/c1-2-4-8-7(3-1)14-11-15-9-10(16(8)11)13-6-5-12-9/h1-6H,(H,12,14,15). The van der Waals surface area contributed by atoms with Crippen LogP contribution < -0.4 is 0 Å². The van der Waals surface area contributed by atoms with Crippen LogP contribution in [0.1, 0.15) is 0 Å². The van der Waals surface area contributed by atoms with Crippen LogP contribution in [0.15, 0.2) is 36.7 Å². The minimum Gasteiger partial charge on any atom is -0.323 e. The first kappa shape index (κ1) is 7.81. The van der Waals surface area contributed by atoms with Crippen molar-refractivity contribution in [3.8, 4) is 0 Å². The number of para-hydroxylation sites is 2. The van der Waals surface area contributed by atoms with Crippen LogP contribution in [0.4, 0.5) is 0 Å². The third-order valence-corrected chi connectivity index (χ3v) is 2.69. The molecule has 3 heterocycles. The zero-order valence-electron chi connectivity index (χ0n) is 8.25. The Labute approximate surface area is 89.8 Å². The van der Waals surface area contributed by atoms with Crippen molar-refractivity contribution in [2.24, 2.45) is 0 Å². The second-order valence-electron chi connectivity index (χ2n) is 3.62. The summed E-state index contributed by atoms with van der Waals surface area (Å²) in [7, 11) is 0. The molecule has 0 atom stereocenters. The van der Waals surface area contributed by atoms with Crippen LogP contribution in [0.25, 0.3) is 28.1 Å². The highest BCUT2D eigenvalue weighted by molar-refractivity contribution is 5.86. The highest BCUT2D eigenvalue weighted by atomic mass is 15.2. The van der Waals surface area contributed by atoms with E-state index in [1.165, 1.54) is 0 Å². The Morgan fingerprint density at radius 1 is 1.06 bits per heavy atom. The van der Waals surface area contributed by atoms with Crippen LogP contribution in [0, 0.1) is 0 Å². The summed E-state index contributed by atoms with van der Waals surface area (Å²) in [5.74, 6) is 0.780. The molecule has 0 aliphatic rings. The van der Waals surface area contributed by atoms with Crippen LogP contribution in [-0.2, 0) is 0 Å². The smallest absolute Gasteiger partial charge is 0.216 e. The molecule has 4 aromatic rings. The molecule has 16 heavy (non-hydrogen) atoms. The molecule has 0 unspecified atom stereocenters. The summed E-state index contributed by atoms with van der Waals surface area (Å²) in [6.45, 7) is 0. The molecule has 0 fully saturated rings. The molecule has 0 saturated heterocycles. The molecule has 0 aliphatic carbocycles. The molecule has 4 rings (SSSR count). The Kier molecular flexibility index (Phi) is 1.26. The maximum absolute atomic E-state index is 4.39. The number of aromatic amines is 1. The summed E-state index contributed by atoms with van der Waals surface area (Å²) in [6.07, 6.45) is 3.33. The summed E-state index contributed by atoms with van der Waals surface area (Å²) in [4.78, 5) is 16.1. The van der Waals surface area contributed by atoms with Gasteiger partial charge in [-0.3, -0.25) is 4.40 Å². The van der Waals surface area contributed by atoms with Gasteiger partial charge in [0.05, 0.1) is 11.0 Å². The molecule has 0 spiro atoms. The van der Waals surface area contributed by atoms with Crippen molar-refractivity contribution in [2.75, 3.05) is 0 Å². The first-order valence-corrected chi connectivity index (χ1v) is 4.99. The fourth-order valence-corrected chi connectivity index (χ4v) is 2.02. The van der Waals surface area contributed by atoms with Crippen molar-refractivity contribution in [1.29, 1.82) is 0 Å². The van der Waals surface area contributed by atoms with E-state index >= 15 is 0 Å². The van der Waals surface area contributed by atoms with Gasteiger partial charge in [-0.15, -0.1) is 0 Å². The Bertz CT molecular complexity index is 745. The number of rotatable bonds is 0. The molecule has 0 aliphatic heterocycles. The van der Waals surface area contributed by atoms with E-state index < -0.39 is 0 Å². The van der Waals surface area contributed by atoms with Gasteiger partial charge in [0.2, 0.25) is 5.78 Å². The summed E-state index contributed by atoms with van der Waals surface area (Å²) < 4.78 is 1.98. The quantitative estimate of drug-likeness (QED) is 0.480. The number of hydrogen-bond donors (Lipinski definition) is 1. The predicted molar refractivity (Wildman–Crippen MR) is 60.1 cm³/mol. The first-order valence-electron chi connectivity index (χ1n) is 4.99. The minimum absolute atomic E-state index is 0.666. The summed E-state index contributed by atoms with van der Waals surface area (Å²) in [5.41, 5.74) is 3.58. The number of hydrogen-bond acceptors (Lipinski definition) is 3. The van der Waals surface area contributed by atoms with Gasteiger partial charge >= 0.3 is 0 Å². The second-order valence-corrected chi connectivity index (χ2v) is 3.62. The number of nitrogens with zero attached hydrogens (tertiary/aromatic N) is 4. The lowest BCUT2D eigenvalue weighted by Gasteiger charge is -1.91. The topological polar surface area (TPSA) is 58.9 Å². The highest BCUT2D eigenvalue weighted by Crippen LogP contribution is 2.19. The lowest BCUT2D eigenvalue weighted by molar-refractivity contribution is 1.22. The van der Waals surface area contributed by atoms with Crippen molar-refractivity contribution in [1.82, 2.24) is 24.3 Å². The SMILES string of the molecule is c1ccc2c(c1)[nH]c1nc3nccnc3n12. The molecule has 76 valence electrons. The largest absolute Gasteiger partial charge is 0.323 e. The number of imidazole rings is 2. The minimum atomic E-state index is 0.666. The van der Waals surface area contributed by atoms with Gasteiger partial charge in [-0.1, -0.05) is 12.1 Å². The van der Waals surface area contributed by atoms with Gasteiger partial charge in [-0.05, 0) is 12.1 Å². The van der Waals surface area contributed by atoms with E-state index in [9.17, 15) is 0 Å². The Hall–Kier alpha value is -2.43. The van der Waals surface area contributed by atoms with Gasteiger partial charge in [-0.25, -0.2) is 9.97 Å². The van der Waals surface area contributed by atoms with Gasteiger partial charge in [0.1, 0.15) is 0 Å². The number of aromatic nitrogens is 5. The zero-order valence-corrected chi connectivity index (χ0v) is 8.25. The van der Waals surface area contributed by atoms with E-state index in [1.807, 2.05) is 28.7 Å². The van der Waals surface area contributed by atoms with Crippen molar-refractivity contribution in [3.63, 3.8) is 0 Å². The molecule has 3 aromatic heterocycles. The molecule has 5 nitrogen and oxygen atoms in total. The van der Waals surface area contributed by atoms with Crippen LogP contribution in [0.3, 0.4) is 0 Å². The zero-order chi connectivity index (χ0) is 10.5. The van der Waals surface area contributed by atoms with Gasteiger partial charge in [0.25, 0.3) is 0 Å². The normalized spacial score (nSPS) is 11.8. The van der Waals surface area contributed by atoms with E-state index in [0.29, 0.717) is 5.65 Å². The number of H-pyrrole nitrogens is 1. The van der Waals surface area contributed by atoms with Crippen LogP contribution >= 0.6 is 0 Å². The Morgan fingerprint density at radius 3 is 2.94 bits per heavy atom. The first-order chi connectivity index (χ1) is 7.93. The summed E-state index contributed by atoms with van der Waals surface area (Å²) >= 11 is 0. The van der Waals surface area contributed by atoms with Crippen LogP contribution in [0.2, 0.25) is 0 Å². The van der Waals surface area contributed by atoms with E-state index in [2.05, 4.69) is 19.9 Å². The molecule has 0 saturated carbocycles. The monoisotopic (exact) mass is 209 g/mol. The lowest BCUT2D eigenvalue weighted by atomic mass is 10.3. The number of fused-ring (bicyclic) bond motifs is 5. The maximum Gasteiger partial charge on any atom is 0.216 e. The maximum atomic E-state index is 4.39. The second kappa shape index (κ2) is 2.57. The van der Waals surface area contributed by atoms with E-state index in [4.69, 9.17) is 0 Å². The average Bonchev–Trinajstić information content (AvgIpc) is 2.83. The molecule has 5 heteroatoms. The van der Waals surface area contributed by atoms with Crippen LogP contribution in [0.5, 0.6) is 0 Å². The molecular formula is C11H7N5. The van der Waals surface area contributed by atoms with E-state index in [0.717, 1.165) is 22.5 Å². The van der Waals surface area contributed by atoms with Gasteiger partial charge < -0.3 is 4.98 Å². The van der Waals surface area contributed by atoms with Gasteiger partial charge in [0.15, 0.2) is 11.3 Å². The Balaban J connectivity index is 2.38. The fraction of sp³-hybridized carbons (Fsp3) is 0. The fourth-order valence-electron chi connectivity index (χ4n) is 2.02. The Morgan fingerprint density at radius 2 is 1.94 bits per heavy atom. The molecule has 0 amide bonds. The lowest BCUT2D eigenvalue weighted by Crippen LogP contribution is -1.84. The predicted octanol–water partition coefficient (Wildman–Crippen LogP) is 1.76.